The minimum absolute atomic E-state index is 0.000568. The first-order valence-corrected chi connectivity index (χ1v) is 5.54. The fourth-order valence-electron chi connectivity index (χ4n) is 1.39. The van der Waals surface area contributed by atoms with Crippen molar-refractivity contribution in [3.8, 4) is 5.75 Å². The standard InChI is InChI=1S/C10H8INO4/c1-15-10(14)5-2-6(11)9-7(3-5)12-8(13)4-16-9/h2-3H,4H2,1H3,(H,12,13). The molecule has 1 N–H and O–H groups in total. The Morgan fingerprint density at radius 1 is 1.56 bits per heavy atom. The van der Waals surface area contributed by atoms with Crippen LogP contribution in [0.5, 0.6) is 5.75 Å². The van der Waals surface area contributed by atoms with Gasteiger partial charge < -0.3 is 14.8 Å². The topological polar surface area (TPSA) is 64.6 Å². The summed E-state index contributed by atoms with van der Waals surface area (Å²) in [6.45, 7) is 0.000568. The summed E-state index contributed by atoms with van der Waals surface area (Å²) < 4.78 is 10.6. The molecule has 0 aromatic heterocycles. The number of halogens is 1. The number of amides is 1. The number of hydrogen-bond acceptors (Lipinski definition) is 4. The van der Waals surface area contributed by atoms with E-state index in [9.17, 15) is 9.59 Å². The first-order chi connectivity index (χ1) is 7.61. The first-order valence-electron chi connectivity index (χ1n) is 4.46. The molecule has 5 nitrogen and oxygen atoms in total. The minimum Gasteiger partial charge on any atom is -0.480 e. The Labute approximate surface area is 105 Å². The number of nitrogens with one attached hydrogen (secondary N) is 1. The third-order valence-corrected chi connectivity index (χ3v) is 2.89. The largest absolute Gasteiger partial charge is 0.480 e. The summed E-state index contributed by atoms with van der Waals surface area (Å²) in [6, 6.07) is 3.20. The summed E-state index contributed by atoms with van der Waals surface area (Å²) in [4.78, 5) is 22.5. The van der Waals surface area contributed by atoms with Crippen LogP contribution in [-0.2, 0) is 9.53 Å². The predicted octanol–water partition coefficient (Wildman–Crippen LogP) is 1.41. The average molecular weight is 333 g/mol. The third kappa shape index (κ3) is 1.97. The molecule has 0 radical (unpaired) electrons. The summed E-state index contributed by atoms with van der Waals surface area (Å²) in [5, 5.41) is 2.64. The number of fused-ring (bicyclic) bond motifs is 1. The number of carbonyl (C=O) groups excluding carboxylic acids is 2. The van der Waals surface area contributed by atoms with Gasteiger partial charge in [0.25, 0.3) is 5.91 Å². The van der Waals surface area contributed by atoms with Crippen LogP contribution in [0.25, 0.3) is 0 Å². The molecule has 0 aliphatic carbocycles. The molecule has 1 heterocycles. The van der Waals surface area contributed by atoms with Crippen LogP contribution in [0.2, 0.25) is 0 Å². The van der Waals surface area contributed by atoms with E-state index in [4.69, 9.17) is 4.74 Å². The highest BCUT2D eigenvalue weighted by Crippen LogP contribution is 2.34. The van der Waals surface area contributed by atoms with E-state index in [0.717, 1.165) is 3.57 Å². The molecule has 0 saturated heterocycles. The molecule has 1 aliphatic heterocycles. The summed E-state index contributed by atoms with van der Waals surface area (Å²) in [7, 11) is 1.31. The van der Waals surface area contributed by atoms with E-state index >= 15 is 0 Å². The van der Waals surface area contributed by atoms with Crippen LogP contribution >= 0.6 is 22.6 Å². The van der Waals surface area contributed by atoms with Crippen molar-refractivity contribution >= 4 is 40.2 Å². The number of anilines is 1. The first kappa shape index (κ1) is 11.2. The Kier molecular flexibility index (Phi) is 2.99. The monoisotopic (exact) mass is 333 g/mol. The lowest BCUT2D eigenvalue weighted by Crippen LogP contribution is -2.26. The Morgan fingerprint density at radius 3 is 3.00 bits per heavy atom. The quantitative estimate of drug-likeness (QED) is 0.623. The Balaban J connectivity index is 2.47. The van der Waals surface area contributed by atoms with Gasteiger partial charge in [-0.05, 0) is 34.7 Å². The van der Waals surface area contributed by atoms with Gasteiger partial charge in [-0.25, -0.2) is 4.79 Å². The molecule has 0 atom stereocenters. The minimum atomic E-state index is -0.444. The van der Waals surface area contributed by atoms with Gasteiger partial charge in [0.05, 0.1) is 21.9 Å². The van der Waals surface area contributed by atoms with Crippen molar-refractivity contribution in [2.24, 2.45) is 0 Å². The summed E-state index contributed by atoms with van der Waals surface area (Å²) >= 11 is 2.04. The van der Waals surface area contributed by atoms with Gasteiger partial charge in [-0.2, -0.15) is 0 Å². The zero-order valence-electron chi connectivity index (χ0n) is 8.37. The van der Waals surface area contributed by atoms with Gasteiger partial charge in [-0.3, -0.25) is 4.79 Å². The van der Waals surface area contributed by atoms with E-state index in [-0.39, 0.29) is 12.5 Å². The van der Waals surface area contributed by atoms with Crippen LogP contribution in [-0.4, -0.2) is 25.6 Å². The molecular formula is C10H8INO4. The molecule has 1 aliphatic rings. The van der Waals surface area contributed by atoms with Gasteiger partial charge in [0.15, 0.2) is 12.4 Å². The van der Waals surface area contributed by atoms with Gasteiger partial charge in [0.1, 0.15) is 0 Å². The van der Waals surface area contributed by atoms with Crippen LogP contribution in [0.1, 0.15) is 10.4 Å². The van der Waals surface area contributed by atoms with E-state index in [1.165, 1.54) is 7.11 Å². The Hall–Kier alpha value is -1.31. The fraction of sp³-hybridized carbons (Fsp3) is 0.200. The molecule has 6 heteroatoms. The van der Waals surface area contributed by atoms with Crippen LogP contribution in [0, 0.1) is 3.57 Å². The fourth-order valence-corrected chi connectivity index (χ4v) is 2.17. The third-order valence-electron chi connectivity index (χ3n) is 2.09. The van der Waals surface area contributed by atoms with Crippen molar-refractivity contribution in [3.05, 3.63) is 21.3 Å². The van der Waals surface area contributed by atoms with Crippen molar-refractivity contribution in [2.75, 3.05) is 19.0 Å². The van der Waals surface area contributed by atoms with Crippen molar-refractivity contribution in [1.29, 1.82) is 0 Å². The normalized spacial score (nSPS) is 13.5. The maximum atomic E-state index is 11.4. The lowest BCUT2D eigenvalue weighted by molar-refractivity contribution is -0.118. The number of esters is 1. The summed E-state index contributed by atoms with van der Waals surface area (Å²) in [6.07, 6.45) is 0. The number of carbonyl (C=O) groups is 2. The summed E-state index contributed by atoms with van der Waals surface area (Å²) in [5.74, 6) is -0.0845. The van der Waals surface area contributed by atoms with E-state index in [0.29, 0.717) is 17.0 Å². The Morgan fingerprint density at radius 2 is 2.31 bits per heavy atom. The molecule has 1 aromatic rings. The molecule has 2 rings (SSSR count). The second-order valence-corrected chi connectivity index (χ2v) is 4.33. The SMILES string of the molecule is COC(=O)c1cc(I)c2c(c1)NC(=O)CO2. The molecule has 0 spiro atoms. The number of ether oxygens (including phenoxy) is 2. The predicted molar refractivity (Wildman–Crippen MR) is 64.6 cm³/mol. The molecule has 0 fully saturated rings. The van der Waals surface area contributed by atoms with E-state index in [2.05, 4.69) is 10.1 Å². The van der Waals surface area contributed by atoms with Crippen LogP contribution < -0.4 is 10.1 Å². The molecule has 84 valence electrons. The van der Waals surface area contributed by atoms with Crippen molar-refractivity contribution in [3.63, 3.8) is 0 Å². The highest BCUT2D eigenvalue weighted by Gasteiger charge is 2.21. The number of methoxy groups -OCH3 is 1. The van der Waals surface area contributed by atoms with Crippen LogP contribution in [0.15, 0.2) is 12.1 Å². The molecule has 0 unspecified atom stereocenters. The van der Waals surface area contributed by atoms with Gasteiger partial charge in [-0.1, -0.05) is 0 Å². The smallest absolute Gasteiger partial charge is 0.337 e. The zero-order chi connectivity index (χ0) is 11.7. The molecule has 16 heavy (non-hydrogen) atoms. The van der Waals surface area contributed by atoms with E-state index < -0.39 is 5.97 Å². The van der Waals surface area contributed by atoms with Gasteiger partial charge in [-0.15, -0.1) is 0 Å². The highest BCUT2D eigenvalue weighted by molar-refractivity contribution is 14.1. The van der Waals surface area contributed by atoms with Gasteiger partial charge >= 0.3 is 5.97 Å². The molecule has 0 bridgehead atoms. The maximum Gasteiger partial charge on any atom is 0.337 e. The number of hydrogen-bond donors (Lipinski definition) is 1. The molecule has 1 aromatic carbocycles. The van der Waals surface area contributed by atoms with E-state index in [1.807, 2.05) is 22.6 Å². The Bertz CT molecular complexity index is 472. The van der Waals surface area contributed by atoms with Gasteiger partial charge in [0, 0.05) is 0 Å². The van der Waals surface area contributed by atoms with Crippen molar-refractivity contribution in [2.45, 2.75) is 0 Å². The maximum absolute atomic E-state index is 11.4. The van der Waals surface area contributed by atoms with Crippen molar-refractivity contribution in [1.82, 2.24) is 0 Å². The summed E-state index contributed by atoms with van der Waals surface area (Å²) in [5.41, 5.74) is 0.889. The van der Waals surface area contributed by atoms with Gasteiger partial charge in [0.2, 0.25) is 0 Å². The van der Waals surface area contributed by atoms with Crippen LogP contribution in [0.4, 0.5) is 5.69 Å². The molecule has 0 saturated carbocycles. The lowest BCUT2D eigenvalue weighted by atomic mass is 10.1. The lowest BCUT2D eigenvalue weighted by Gasteiger charge is -2.19. The zero-order valence-corrected chi connectivity index (χ0v) is 10.5. The second kappa shape index (κ2) is 4.28. The van der Waals surface area contributed by atoms with Crippen molar-refractivity contribution < 1.29 is 19.1 Å². The van der Waals surface area contributed by atoms with E-state index in [1.54, 1.807) is 12.1 Å². The molecular weight excluding hydrogens is 325 g/mol. The number of benzene rings is 1. The van der Waals surface area contributed by atoms with Crippen LogP contribution in [0.3, 0.4) is 0 Å². The number of rotatable bonds is 1. The second-order valence-electron chi connectivity index (χ2n) is 3.16. The molecule has 1 amide bonds. The highest BCUT2D eigenvalue weighted by atomic mass is 127. The average Bonchev–Trinajstić information content (AvgIpc) is 2.27.